The molecule has 0 atom stereocenters. The molecule has 10 nitrogen and oxygen atoms in total. The molecule has 0 saturated heterocycles. The molecule has 12 heteroatoms. The van der Waals surface area contributed by atoms with Crippen molar-refractivity contribution in [3.8, 4) is 0 Å². The highest BCUT2D eigenvalue weighted by atomic mass is 33.1. The first-order chi connectivity index (χ1) is 14.1. The van der Waals surface area contributed by atoms with Crippen molar-refractivity contribution in [3.63, 3.8) is 0 Å². The molecule has 30 heavy (non-hydrogen) atoms. The van der Waals surface area contributed by atoms with Crippen LogP contribution in [-0.2, 0) is 12.8 Å². The van der Waals surface area contributed by atoms with Crippen LogP contribution in [0, 0.1) is 20.2 Å². The van der Waals surface area contributed by atoms with Gasteiger partial charge in [0, 0.05) is 22.3 Å². The number of carbonyl (C=O) groups is 2. The fraction of sp³-hybridized carbons (Fsp3) is 0.222. The largest absolute Gasteiger partial charge is 0.545 e. The fourth-order valence-electron chi connectivity index (χ4n) is 2.95. The Morgan fingerprint density at radius 2 is 1.10 bits per heavy atom. The van der Waals surface area contributed by atoms with Gasteiger partial charge in [0.1, 0.15) is 0 Å². The molecule has 0 N–H and O–H groups in total. The second-order valence-corrected chi connectivity index (χ2v) is 8.05. The van der Waals surface area contributed by atoms with Crippen LogP contribution >= 0.6 is 21.6 Å². The summed E-state index contributed by atoms with van der Waals surface area (Å²) in [5.41, 5.74) is -1.45. The Morgan fingerprint density at radius 3 is 1.33 bits per heavy atom. The molecule has 2 aromatic rings. The number of hydrogen-bond acceptors (Lipinski definition) is 10. The van der Waals surface area contributed by atoms with Crippen LogP contribution in [0.3, 0.4) is 0 Å². The van der Waals surface area contributed by atoms with E-state index < -0.39 is 33.2 Å². The standard InChI is InChI=1S/C18H16N2O8S2/c1-3-9-11(17(21)22)5-7-13(15(9)19(25)26)29-30-14-8-6-12(18(23)24)10(4-2)16(14)20(27)28/h5-8H,3-4H2,1-2H3,(H,21,22)(H,23,24)/p-2. The molecular weight excluding hydrogens is 436 g/mol. The number of carboxylic acids is 2. The topological polar surface area (TPSA) is 167 Å². The molecule has 0 spiro atoms. The highest BCUT2D eigenvalue weighted by Crippen LogP contribution is 2.47. The average Bonchev–Trinajstić information content (AvgIpc) is 2.69. The maximum absolute atomic E-state index is 11.6. The lowest BCUT2D eigenvalue weighted by atomic mass is 10.0. The van der Waals surface area contributed by atoms with E-state index in [-0.39, 0.29) is 44.9 Å². The predicted molar refractivity (Wildman–Crippen MR) is 105 cm³/mol. The molecule has 0 unspecified atom stereocenters. The molecule has 0 heterocycles. The molecule has 0 bridgehead atoms. The van der Waals surface area contributed by atoms with Crippen LogP contribution in [0.2, 0.25) is 0 Å². The van der Waals surface area contributed by atoms with Gasteiger partial charge in [-0.25, -0.2) is 0 Å². The first-order valence-electron chi connectivity index (χ1n) is 8.51. The van der Waals surface area contributed by atoms with E-state index in [1.54, 1.807) is 13.8 Å². The number of nitrogens with zero attached hydrogens (tertiary/aromatic N) is 2. The van der Waals surface area contributed by atoms with E-state index in [9.17, 15) is 40.0 Å². The van der Waals surface area contributed by atoms with Gasteiger partial charge < -0.3 is 19.8 Å². The zero-order valence-electron chi connectivity index (χ0n) is 15.7. The van der Waals surface area contributed by atoms with Crippen molar-refractivity contribution in [2.45, 2.75) is 36.5 Å². The quantitative estimate of drug-likeness (QED) is 0.314. The summed E-state index contributed by atoms with van der Waals surface area (Å²) in [6, 6.07) is 4.86. The van der Waals surface area contributed by atoms with E-state index >= 15 is 0 Å². The van der Waals surface area contributed by atoms with Crippen LogP contribution in [0.25, 0.3) is 0 Å². The molecule has 2 rings (SSSR count). The predicted octanol–water partition coefficient (Wildman–Crippen LogP) is 2.15. The Hall–Kier alpha value is -3.12. The van der Waals surface area contributed by atoms with E-state index in [0.717, 1.165) is 21.6 Å². The third kappa shape index (κ3) is 4.54. The number of rotatable bonds is 9. The van der Waals surface area contributed by atoms with Crippen molar-refractivity contribution in [3.05, 3.63) is 66.7 Å². The molecule has 0 radical (unpaired) electrons. The SMILES string of the molecule is CCc1c(C(=O)[O-])ccc(SSc2ccc(C(=O)[O-])c(CC)c2[N+](=O)[O-])c1[N+](=O)[O-]. The van der Waals surface area contributed by atoms with Crippen molar-refractivity contribution >= 4 is 44.9 Å². The summed E-state index contributed by atoms with van der Waals surface area (Å²) in [6.07, 6.45) is 0.137. The van der Waals surface area contributed by atoms with Crippen molar-refractivity contribution in [2.75, 3.05) is 0 Å². The third-order valence-corrected chi connectivity index (χ3v) is 6.65. The first-order valence-corrected chi connectivity index (χ1v) is 10.7. The maximum Gasteiger partial charge on any atom is 0.287 e. The number of nitro groups is 2. The summed E-state index contributed by atoms with van der Waals surface area (Å²) in [4.78, 5) is 44.4. The summed E-state index contributed by atoms with van der Waals surface area (Å²) >= 11 is 0. The molecule has 0 saturated carbocycles. The van der Waals surface area contributed by atoms with Crippen molar-refractivity contribution in [1.29, 1.82) is 0 Å². The van der Waals surface area contributed by atoms with Gasteiger partial charge >= 0.3 is 0 Å². The Balaban J connectivity index is 2.54. The maximum atomic E-state index is 11.6. The van der Waals surface area contributed by atoms with Gasteiger partial charge in [-0.05, 0) is 46.6 Å². The van der Waals surface area contributed by atoms with Crippen LogP contribution in [-0.4, -0.2) is 21.8 Å². The summed E-state index contributed by atoms with van der Waals surface area (Å²) in [5, 5.41) is 45.6. The second kappa shape index (κ2) is 9.59. The summed E-state index contributed by atoms with van der Waals surface area (Å²) in [5.74, 6) is -3.08. The van der Waals surface area contributed by atoms with E-state index in [1.807, 2.05) is 0 Å². The summed E-state index contributed by atoms with van der Waals surface area (Å²) in [7, 11) is 1.68. The van der Waals surface area contributed by atoms with E-state index in [4.69, 9.17) is 0 Å². The molecule has 0 aliphatic rings. The van der Waals surface area contributed by atoms with E-state index in [1.165, 1.54) is 24.3 Å². The smallest absolute Gasteiger partial charge is 0.287 e. The molecule has 0 aliphatic carbocycles. The number of benzene rings is 2. The minimum absolute atomic E-state index is 0.0124. The molecule has 0 aliphatic heterocycles. The minimum atomic E-state index is -1.54. The first kappa shape index (κ1) is 23.2. The highest BCUT2D eigenvalue weighted by Gasteiger charge is 2.26. The normalized spacial score (nSPS) is 10.6. The molecule has 0 fully saturated rings. The Bertz CT molecular complexity index is 971. The van der Waals surface area contributed by atoms with E-state index in [2.05, 4.69) is 0 Å². The van der Waals surface area contributed by atoms with E-state index in [0.29, 0.717) is 0 Å². The number of hydrogen-bond donors (Lipinski definition) is 0. The van der Waals surface area contributed by atoms with Crippen LogP contribution in [0.1, 0.15) is 45.7 Å². The third-order valence-electron chi connectivity index (χ3n) is 4.22. The number of carboxylic acid groups (broad SMARTS) is 2. The summed E-state index contributed by atoms with van der Waals surface area (Å²) < 4.78 is 0. The Kier molecular flexibility index (Phi) is 7.40. The van der Waals surface area contributed by atoms with Crippen LogP contribution in [0.4, 0.5) is 11.4 Å². The minimum Gasteiger partial charge on any atom is -0.545 e. The number of nitro benzene ring substituents is 2. The lowest BCUT2D eigenvalue weighted by molar-refractivity contribution is -0.388. The van der Waals surface area contributed by atoms with Gasteiger partial charge in [0.15, 0.2) is 0 Å². The second-order valence-electron chi connectivity index (χ2n) is 5.84. The van der Waals surface area contributed by atoms with Gasteiger partial charge in [-0.1, -0.05) is 26.0 Å². The molecule has 0 aromatic heterocycles. The average molecular weight is 450 g/mol. The summed E-state index contributed by atoms with van der Waals surface area (Å²) in [6.45, 7) is 3.13. The zero-order valence-corrected chi connectivity index (χ0v) is 17.3. The lowest BCUT2D eigenvalue weighted by Gasteiger charge is -2.14. The monoisotopic (exact) mass is 450 g/mol. The number of carbonyl (C=O) groups excluding carboxylic acids is 2. The highest BCUT2D eigenvalue weighted by molar-refractivity contribution is 8.76. The van der Waals surface area contributed by atoms with Crippen molar-refractivity contribution in [2.24, 2.45) is 0 Å². The van der Waals surface area contributed by atoms with Gasteiger partial charge in [-0.15, -0.1) is 0 Å². The van der Waals surface area contributed by atoms with Crippen molar-refractivity contribution < 1.29 is 29.6 Å². The number of aromatic carboxylic acids is 2. The lowest BCUT2D eigenvalue weighted by Crippen LogP contribution is -2.24. The fourth-order valence-corrected chi connectivity index (χ4v) is 5.28. The molecule has 2 aromatic carbocycles. The molecular formula is C18H14N2O8S2-2. The van der Waals surface area contributed by atoms with Gasteiger partial charge in [0.2, 0.25) is 0 Å². The van der Waals surface area contributed by atoms with Gasteiger partial charge in [0.25, 0.3) is 11.4 Å². The Labute approximate surface area is 178 Å². The molecule has 0 amide bonds. The zero-order chi connectivity index (χ0) is 22.6. The van der Waals surface area contributed by atoms with Gasteiger partial charge in [-0.3, -0.25) is 20.2 Å². The van der Waals surface area contributed by atoms with Crippen LogP contribution < -0.4 is 10.2 Å². The molecule has 158 valence electrons. The van der Waals surface area contributed by atoms with Gasteiger partial charge in [0.05, 0.1) is 31.6 Å². The van der Waals surface area contributed by atoms with Gasteiger partial charge in [-0.2, -0.15) is 0 Å². The Morgan fingerprint density at radius 1 is 0.767 bits per heavy atom. The van der Waals surface area contributed by atoms with Crippen LogP contribution in [0.5, 0.6) is 0 Å². The van der Waals surface area contributed by atoms with Crippen LogP contribution in [0.15, 0.2) is 34.1 Å². The van der Waals surface area contributed by atoms with Crippen molar-refractivity contribution in [1.82, 2.24) is 0 Å².